The number of hydrogen-bond acceptors (Lipinski definition) is 7. The van der Waals surface area contributed by atoms with E-state index in [0.717, 1.165) is 43.6 Å². The second kappa shape index (κ2) is 16.6. The Kier molecular flexibility index (Phi) is 14.6. The number of ether oxygens (including phenoxy) is 1. The zero-order valence-electron chi connectivity index (χ0n) is 19.1. The van der Waals surface area contributed by atoms with Crippen molar-refractivity contribution in [2.75, 3.05) is 0 Å². The lowest BCUT2D eigenvalue weighted by atomic mass is 9.89. The average Bonchev–Trinajstić information content (AvgIpc) is 2.79. The van der Waals surface area contributed by atoms with E-state index in [1.807, 2.05) is 13.0 Å². The van der Waals surface area contributed by atoms with Crippen LogP contribution in [0.2, 0.25) is 0 Å². The first-order valence-corrected chi connectivity index (χ1v) is 11.6. The standard InChI is InChI=1S/C25H38O7/c1-19(15-22(18-29)24-10-6-11-25(31)32-24)7-5-9-21(17-28)23(30)13-12-20(16-27)8-3-2-4-14-26/h7-8,14,16-18,21-25,30-31H,2-6,9-13,15H2,1H3/b19-7-,20-8+. The van der Waals surface area contributed by atoms with Gasteiger partial charge < -0.3 is 29.3 Å². The summed E-state index contributed by atoms with van der Waals surface area (Å²) in [6.45, 7) is 1.92. The Labute approximate surface area is 190 Å². The normalized spacial score (nSPS) is 22.6. The fourth-order valence-electron chi connectivity index (χ4n) is 3.97. The molecule has 0 aromatic carbocycles. The van der Waals surface area contributed by atoms with Crippen LogP contribution < -0.4 is 0 Å². The van der Waals surface area contributed by atoms with Crippen molar-refractivity contribution in [1.82, 2.24) is 0 Å². The van der Waals surface area contributed by atoms with Gasteiger partial charge in [0.15, 0.2) is 6.29 Å². The van der Waals surface area contributed by atoms with Gasteiger partial charge in [-0.2, -0.15) is 0 Å². The maximum Gasteiger partial charge on any atom is 0.154 e. The van der Waals surface area contributed by atoms with E-state index >= 15 is 0 Å². The number of carbonyl (C=O) groups is 4. The minimum atomic E-state index is -0.834. The van der Waals surface area contributed by atoms with Gasteiger partial charge in [0.25, 0.3) is 0 Å². The maximum absolute atomic E-state index is 11.5. The lowest BCUT2D eigenvalue weighted by molar-refractivity contribution is -0.177. The molecule has 1 saturated heterocycles. The van der Waals surface area contributed by atoms with Gasteiger partial charge in [-0.05, 0) is 76.7 Å². The van der Waals surface area contributed by atoms with Gasteiger partial charge in [-0.1, -0.05) is 17.7 Å². The number of allylic oxidation sites excluding steroid dienone is 4. The van der Waals surface area contributed by atoms with Crippen LogP contribution in [0.4, 0.5) is 0 Å². The molecule has 1 fully saturated rings. The Morgan fingerprint density at radius 2 is 1.81 bits per heavy atom. The van der Waals surface area contributed by atoms with Gasteiger partial charge in [0.2, 0.25) is 0 Å². The van der Waals surface area contributed by atoms with Crippen molar-refractivity contribution in [3.8, 4) is 0 Å². The Hall–Kier alpha value is -1.96. The molecule has 0 aromatic heterocycles. The van der Waals surface area contributed by atoms with E-state index in [0.29, 0.717) is 63.4 Å². The van der Waals surface area contributed by atoms with Crippen LogP contribution >= 0.6 is 0 Å². The molecule has 5 atom stereocenters. The lowest BCUT2D eigenvalue weighted by Crippen LogP contribution is -2.34. The van der Waals surface area contributed by atoms with E-state index in [2.05, 4.69) is 0 Å². The predicted octanol–water partition coefficient (Wildman–Crippen LogP) is 3.26. The summed E-state index contributed by atoms with van der Waals surface area (Å²) in [7, 11) is 0. The van der Waals surface area contributed by atoms with Crippen molar-refractivity contribution in [2.24, 2.45) is 11.8 Å². The van der Waals surface area contributed by atoms with Crippen LogP contribution in [0, 0.1) is 11.8 Å². The molecule has 0 spiro atoms. The quantitative estimate of drug-likeness (QED) is 0.151. The van der Waals surface area contributed by atoms with Crippen molar-refractivity contribution < 1.29 is 34.1 Å². The molecule has 0 aromatic rings. The largest absolute Gasteiger partial charge is 0.392 e. The molecule has 7 nitrogen and oxygen atoms in total. The second-order valence-electron chi connectivity index (χ2n) is 8.59. The van der Waals surface area contributed by atoms with E-state index in [1.165, 1.54) is 0 Å². The van der Waals surface area contributed by atoms with Crippen LogP contribution in [0.3, 0.4) is 0 Å². The third kappa shape index (κ3) is 11.1. The number of aliphatic hydroxyl groups excluding tert-OH is 2. The summed E-state index contributed by atoms with van der Waals surface area (Å²) in [5.74, 6) is -0.838. The first-order chi connectivity index (χ1) is 15.4. The first kappa shape index (κ1) is 28.1. The molecule has 32 heavy (non-hydrogen) atoms. The molecule has 0 radical (unpaired) electrons. The zero-order valence-corrected chi connectivity index (χ0v) is 19.1. The molecule has 180 valence electrons. The number of unbranched alkanes of at least 4 members (excludes halogenated alkanes) is 2. The fourth-order valence-corrected chi connectivity index (χ4v) is 3.97. The Morgan fingerprint density at radius 3 is 2.44 bits per heavy atom. The molecule has 0 amide bonds. The van der Waals surface area contributed by atoms with Crippen molar-refractivity contribution in [1.29, 1.82) is 0 Å². The van der Waals surface area contributed by atoms with Gasteiger partial charge in [0, 0.05) is 18.3 Å². The van der Waals surface area contributed by atoms with E-state index in [1.54, 1.807) is 6.08 Å². The smallest absolute Gasteiger partial charge is 0.154 e. The summed E-state index contributed by atoms with van der Waals surface area (Å²) in [6, 6.07) is 0. The van der Waals surface area contributed by atoms with E-state index < -0.39 is 18.3 Å². The van der Waals surface area contributed by atoms with Crippen molar-refractivity contribution >= 4 is 25.1 Å². The first-order valence-electron chi connectivity index (χ1n) is 11.6. The maximum atomic E-state index is 11.5. The minimum Gasteiger partial charge on any atom is -0.392 e. The Morgan fingerprint density at radius 1 is 1.03 bits per heavy atom. The van der Waals surface area contributed by atoms with Crippen molar-refractivity contribution in [2.45, 2.75) is 96.1 Å². The molecule has 1 aliphatic heterocycles. The lowest BCUT2D eigenvalue weighted by Gasteiger charge is -2.30. The molecular formula is C25H38O7. The van der Waals surface area contributed by atoms with Crippen LogP contribution in [0.1, 0.15) is 77.6 Å². The number of hydrogen-bond donors (Lipinski definition) is 2. The van der Waals surface area contributed by atoms with Gasteiger partial charge in [-0.3, -0.25) is 4.79 Å². The molecule has 1 heterocycles. The van der Waals surface area contributed by atoms with Crippen LogP contribution in [-0.4, -0.2) is 53.9 Å². The van der Waals surface area contributed by atoms with Crippen LogP contribution in [0.5, 0.6) is 0 Å². The van der Waals surface area contributed by atoms with Crippen molar-refractivity contribution in [3.63, 3.8) is 0 Å². The van der Waals surface area contributed by atoms with Gasteiger partial charge in [-0.15, -0.1) is 0 Å². The minimum absolute atomic E-state index is 0.275. The molecule has 0 bridgehead atoms. The number of aliphatic hydroxyl groups is 2. The Balaban J connectivity index is 2.46. The molecule has 1 aliphatic rings. The van der Waals surface area contributed by atoms with Gasteiger partial charge >= 0.3 is 0 Å². The average molecular weight is 451 g/mol. The predicted molar refractivity (Wildman–Crippen MR) is 121 cm³/mol. The van der Waals surface area contributed by atoms with E-state index in [-0.39, 0.29) is 12.0 Å². The number of carbonyl (C=O) groups excluding carboxylic acids is 4. The zero-order chi connectivity index (χ0) is 23.8. The van der Waals surface area contributed by atoms with Gasteiger partial charge in [0.05, 0.1) is 12.2 Å². The molecule has 0 aliphatic carbocycles. The monoisotopic (exact) mass is 450 g/mol. The third-order valence-corrected chi connectivity index (χ3v) is 5.96. The SMILES string of the molecule is C/C(=C/CCC(C=O)C(O)CC/C(C=O)=C\CCCC=O)CC(C=O)C1CCCC(O)O1. The molecule has 5 unspecified atom stereocenters. The topological polar surface area (TPSA) is 118 Å². The second-order valence-corrected chi connectivity index (χ2v) is 8.59. The summed E-state index contributed by atoms with van der Waals surface area (Å²) in [5, 5.41) is 20.0. The molecule has 0 saturated carbocycles. The van der Waals surface area contributed by atoms with Crippen molar-refractivity contribution in [3.05, 3.63) is 23.3 Å². The van der Waals surface area contributed by atoms with Crippen LogP contribution in [0.15, 0.2) is 23.3 Å². The summed E-state index contributed by atoms with van der Waals surface area (Å²) in [6.07, 6.45) is 11.3. The highest BCUT2D eigenvalue weighted by molar-refractivity contribution is 5.73. The van der Waals surface area contributed by atoms with Gasteiger partial charge in [0.1, 0.15) is 25.1 Å². The van der Waals surface area contributed by atoms with E-state index in [9.17, 15) is 29.4 Å². The molecule has 7 heteroatoms. The fraction of sp³-hybridized carbons (Fsp3) is 0.680. The number of rotatable bonds is 17. The third-order valence-electron chi connectivity index (χ3n) is 5.96. The highest BCUT2D eigenvalue weighted by Crippen LogP contribution is 2.27. The van der Waals surface area contributed by atoms with E-state index in [4.69, 9.17) is 4.74 Å². The molecule has 1 rings (SSSR count). The van der Waals surface area contributed by atoms with Gasteiger partial charge in [-0.25, -0.2) is 0 Å². The number of aldehydes is 4. The highest BCUT2D eigenvalue weighted by atomic mass is 16.6. The summed E-state index contributed by atoms with van der Waals surface area (Å²) in [4.78, 5) is 44.5. The summed E-state index contributed by atoms with van der Waals surface area (Å²) >= 11 is 0. The molecule has 2 N–H and O–H groups in total. The van der Waals surface area contributed by atoms with Crippen LogP contribution in [0.25, 0.3) is 0 Å². The highest BCUT2D eigenvalue weighted by Gasteiger charge is 2.28. The van der Waals surface area contributed by atoms with Crippen LogP contribution in [-0.2, 0) is 23.9 Å². The summed E-state index contributed by atoms with van der Waals surface area (Å²) in [5.41, 5.74) is 1.58. The summed E-state index contributed by atoms with van der Waals surface area (Å²) < 4.78 is 5.50. The molecular weight excluding hydrogens is 412 g/mol. The Bertz CT molecular complexity index is 640.